The van der Waals surface area contributed by atoms with Gasteiger partial charge in [0.25, 0.3) is 0 Å². The number of amides is 1. The quantitative estimate of drug-likeness (QED) is 0.634. The summed E-state index contributed by atoms with van der Waals surface area (Å²) in [5.41, 5.74) is 2.34. The average Bonchev–Trinajstić information content (AvgIpc) is 2.92. The Kier molecular flexibility index (Phi) is 3.49. The van der Waals surface area contributed by atoms with E-state index in [0.717, 1.165) is 20.1 Å². The second kappa shape index (κ2) is 5.19. The van der Waals surface area contributed by atoms with Crippen LogP contribution in [-0.4, -0.2) is 31.5 Å². The number of fused-ring (bicyclic) bond motifs is 1. The minimum atomic E-state index is -0.929. The maximum atomic E-state index is 12.1. The van der Waals surface area contributed by atoms with E-state index in [0.29, 0.717) is 16.2 Å². The number of carbonyl (C=O) groups is 2. The van der Waals surface area contributed by atoms with Crippen LogP contribution < -0.4 is 5.32 Å². The molecule has 1 aromatic carbocycles. The van der Waals surface area contributed by atoms with E-state index in [9.17, 15) is 9.59 Å². The molecule has 1 aliphatic rings. The number of carboxylic acid groups (broad SMARTS) is 1. The van der Waals surface area contributed by atoms with Crippen molar-refractivity contribution in [2.45, 2.75) is 6.92 Å². The fourth-order valence-electron chi connectivity index (χ4n) is 2.23. The van der Waals surface area contributed by atoms with Crippen LogP contribution in [0.1, 0.15) is 24.8 Å². The molecule has 0 fully saturated rings. The second-order valence-electron chi connectivity index (χ2n) is 4.63. The first-order chi connectivity index (χ1) is 9.95. The van der Waals surface area contributed by atoms with Crippen LogP contribution in [-0.2, 0) is 4.79 Å². The van der Waals surface area contributed by atoms with Gasteiger partial charge in [-0.2, -0.15) is 0 Å². The standard InChI is InChI=1S/C15H10ClNO3Se/c1-7-10(15(19)20)5-9(21-7)6-12-11-4-8(16)2-3-13(11)17-14(12)18/h2-6H,1H3,(H,17,18)(H,19,20). The first kappa shape index (κ1) is 14.1. The Hall–Kier alpha value is -1.81. The summed E-state index contributed by atoms with van der Waals surface area (Å²) in [6.07, 6.45) is 1.76. The second-order valence-corrected chi connectivity index (χ2v) is 7.76. The number of hydrogen-bond acceptors (Lipinski definition) is 2. The summed E-state index contributed by atoms with van der Waals surface area (Å²) in [4.78, 5) is 23.1. The molecule has 0 bridgehead atoms. The number of aryl methyl sites for hydroxylation is 1. The minimum absolute atomic E-state index is 0.0671. The number of hydrogen-bond donors (Lipinski definition) is 2. The number of nitrogens with one attached hydrogen (secondary N) is 1. The van der Waals surface area contributed by atoms with Gasteiger partial charge in [0.1, 0.15) is 0 Å². The van der Waals surface area contributed by atoms with Crippen molar-refractivity contribution >= 4 is 55.3 Å². The Morgan fingerprint density at radius 3 is 2.81 bits per heavy atom. The molecule has 21 heavy (non-hydrogen) atoms. The van der Waals surface area contributed by atoms with E-state index in [1.165, 1.54) is 0 Å². The molecule has 0 saturated carbocycles. The molecular formula is C15H10ClNO3Se. The third-order valence-electron chi connectivity index (χ3n) is 3.22. The predicted octanol–water partition coefficient (Wildman–Crippen LogP) is 2.90. The van der Waals surface area contributed by atoms with E-state index >= 15 is 0 Å². The summed E-state index contributed by atoms with van der Waals surface area (Å²) in [6.45, 7) is 1.81. The number of anilines is 1. The van der Waals surface area contributed by atoms with Gasteiger partial charge in [-0.25, -0.2) is 0 Å². The normalized spacial score (nSPS) is 15.1. The van der Waals surface area contributed by atoms with Crippen molar-refractivity contribution in [3.05, 3.63) is 49.3 Å². The van der Waals surface area contributed by atoms with E-state index in [4.69, 9.17) is 16.7 Å². The Bertz CT molecular complexity index is 807. The number of carboxylic acids is 1. The van der Waals surface area contributed by atoms with Gasteiger partial charge in [0.2, 0.25) is 0 Å². The monoisotopic (exact) mass is 367 g/mol. The Morgan fingerprint density at radius 2 is 2.14 bits per heavy atom. The molecule has 1 amide bonds. The van der Waals surface area contributed by atoms with Crippen LogP contribution in [0.4, 0.5) is 5.69 Å². The SMILES string of the molecule is Cc1[se]c(C=C2C(=O)Nc3ccc(Cl)cc32)cc1C(=O)O. The average molecular weight is 367 g/mol. The summed E-state index contributed by atoms with van der Waals surface area (Å²) in [6, 6.07) is 6.86. The van der Waals surface area contributed by atoms with E-state index in [1.54, 1.807) is 30.3 Å². The van der Waals surface area contributed by atoms with E-state index in [1.807, 2.05) is 6.92 Å². The first-order valence-corrected chi connectivity index (χ1v) is 8.21. The van der Waals surface area contributed by atoms with Gasteiger partial charge in [-0.1, -0.05) is 0 Å². The fourth-order valence-corrected chi connectivity index (χ4v) is 4.43. The van der Waals surface area contributed by atoms with Crippen LogP contribution in [0.2, 0.25) is 5.02 Å². The molecule has 2 aromatic rings. The number of carbonyl (C=O) groups excluding carboxylic acids is 1. The van der Waals surface area contributed by atoms with Crippen LogP contribution in [0, 0.1) is 6.92 Å². The van der Waals surface area contributed by atoms with Gasteiger partial charge in [0, 0.05) is 0 Å². The molecule has 0 atom stereocenters. The van der Waals surface area contributed by atoms with Crippen LogP contribution in [0.3, 0.4) is 0 Å². The van der Waals surface area contributed by atoms with Gasteiger partial charge in [0.05, 0.1) is 0 Å². The van der Waals surface area contributed by atoms with Gasteiger partial charge >= 0.3 is 132 Å². The van der Waals surface area contributed by atoms with E-state index < -0.39 is 5.97 Å². The molecule has 3 rings (SSSR count). The third kappa shape index (κ3) is 2.56. The summed E-state index contributed by atoms with van der Waals surface area (Å²) < 4.78 is 1.72. The van der Waals surface area contributed by atoms with Crippen LogP contribution >= 0.6 is 11.6 Å². The zero-order valence-corrected chi connectivity index (χ0v) is 13.4. The van der Waals surface area contributed by atoms with Gasteiger partial charge in [-0.3, -0.25) is 0 Å². The van der Waals surface area contributed by atoms with Gasteiger partial charge < -0.3 is 0 Å². The number of halogens is 1. The molecule has 2 heterocycles. The molecule has 0 unspecified atom stereocenters. The van der Waals surface area contributed by atoms with Crippen LogP contribution in [0.25, 0.3) is 11.6 Å². The molecule has 0 spiro atoms. The fraction of sp³-hybridized carbons (Fsp3) is 0.0667. The van der Waals surface area contributed by atoms with Crippen molar-refractivity contribution in [3.8, 4) is 0 Å². The first-order valence-electron chi connectivity index (χ1n) is 6.12. The number of rotatable bonds is 2. The van der Waals surface area contributed by atoms with E-state index in [-0.39, 0.29) is 20.4 Å². The summed E-state index contributed by atoms with van der Waals surface area (Å²) in [5, 5.41) is 12.4. The molecule has 2 N–H and O–H groups in total. The summed E-state index contributed by atoms with van der Waals surface area (Å²) >= 11 is 5.91. The van der Waals surface area contributed by atoms with Gasteiger partial charge in [0.15, 0.2) is 0 Å². The molecule has 1 aliphatic heterocycles. The van der Waals surface area contributed by atoms with Crippen LogP contribution in [0.15, 0.2) is 24.3 Å². The molecule has 6 heteroatoms. The molecular weight excluding hydrogens is 357 g/mol. The molecule has 0 saturated heterocycles. The van der Waals surface area contributed by atoms with Gasteiger partial charge in [-0.15, -0.1) is 0 Å². The van der Waals surface area contributed by atoms with Crippen molar-refractivity contribution in [2.75, 3.05) is 5.32 Å². The molecule has 1 aromatic heterocycles. The van der Waals surface area contributed by atoms with Crippen molar-refractivity contribution in [2.24, 2.45) is 0 Å². The predicted molar refractivity (Wildman–Crippen MR) is 83.0 cm³/mol. The third-order valence-corrected chi connectivity index (χ3v) is 5.55. The molecule has 0 aliphatic carbocycles. The molecule has 0 radical (unpaired) electrons. The Labute approximate surface area is 131 Å². The Balaban J connectivity index is 2.08. The molecule has 106 valence electrons. The zero-order chi connectivity index (χ0) is 15.1. The van der Waals surface area contributed by atoms with Crippen LogP contribution in [0.5, 0.6) is 0 Å². The maximum absolute atomic E-state index is 12.1. The topological polar surface area (TPSA) is 66.4 Å². The number of aromatic carboxylic acids is 1. The zero-order valence-electron chi connectivity index (χ0n) is 10.9. The van der Waals surface area contributed by atoms with Crippen molar-refractivity contribution in [1.82, 2.24) is 0 Å². The molecule has 4 nitrogen and oxygen atoms in total. The number of benzene rings is 1. The van der Waals surface area contributed by atoms with Gasteiger partial charge in [-0.05, 0) is 0 Å². The van der Waals surface area contributed by atoms with Crippen molar-refractivity contribution < 1.29 is 14.7 Å². The summed E-state index contributed by atoms with van der Waals surface area (Å²) in [7, 11) is 0. The Morgan fingerprint density at radius 1 is 1.38 bits per heavy atom. The van der Waals surface area contributed by atoms with E-state index in [2.05, 4.69) is 5.32 Å². The van der Waals surface area contributed by atoms with Crippen molar-refractivity contribution in [3.63, 3.8) is 0 Å². The summed E-state index contributed by atoms with van der Waals surface area (Å²) in [5.74, 6) is -1.12. The van der Waals surface area contributed by atoms with Crippen molar-refractivity contribution in [1.29, 1.82) is 0 Å².